The standard InChI is InChI=1S/C21H22ClFN4O3S/c22-18-13-17(4-5-19(18)23)31(29,30)27-11-7-15(8-12-27)21(28)24-9-6-16-14-26-10-2-1-3-20(26)25-16/h1-5,10,13-15H,6-9,11-12H2,(H,24,28). The van der Waals surface area contributed by atoms with Crippen LogP contribution >= 0.6 is 11.6 Å². The average Bonchev–Trinajstić information content (AvgIpc) is 3.18. The molecule has 1 aromatic carbocycles. The minimum Gasteiger partial charge on any atom is -0.355 e. The van der Waals surface area contributed by atoms with Gasteiger partial charge in [0.15, 0.2) is 0 Å². The number of pyridine rings is 1. The SMILES string of the molecule is O=C(NCCc1cn2ccccc2n1)C1CCN(S(=O)(=O)c2ccc(F)c(Cl)c2)CC1. The quantitative estimate of drug-likeness (QED) is 0.608. The molecule has 2 aromatic heterocycles. The number of nitrogens with zero attached hydrogens (tertiary/aromatic N) is 3. The third-order valence-electron chi connectivity index (χ3n) is 5.45. The third kappa shape index (κ3) is 4.73. The average molecular weight is 465 g/mol. The van der Waals surface area contributed by atoms with Gasteiger partial charge in [0.2, 0.25) is 15.9 Å². The molecule has 4 rings (SSSR count). The van der Waals surface area contributed by atoms with Crippen molar-refractivity contribution in [2.45, 2.75) is 24.2 Å². The second-order valence-corrected chi connectivity index (χ2v) is 9.84. The molecule has 0 radical (unpaired) electrons. The van der Waals surface area contributed by atoms with Crippen LogP contribution in [-0.2, 0) is 21.2 Å². The van der Waals surface area contributed by atoms with Gasteiger partial charge in [0, 0.05) is 44.4 Å². The van der Waals surface area contributed by atoms with Crippen LogP contribution in [0.5, 0.6) is 0 Å². The van der Waals surface area contributed by atoms with E-state index in [2.05, 4.69) is 10.3 Å². The Hall–Kier alpha value is -2.49. The summed E-state index contributed by atoms with van der Waals surface area (Å²) in [6.45, 7) is 0.916. The Morgan fingerprint density at radius 3 is 2.71 bits per heavy atom. The van der Waals surface area contributed by atoms with Gasteiger partial charge in [-0.25, -0.2) is 17.8 Å². The van der Waals surface area contributed by atoms with Crippen LogP contribution in [0.1, 0.15) is 18.5 Å². The van der Waals surface area contributed by atoms with Crippen molar-refractivity contribution in [2.24, 2.45) is 5.92 Å². The first-order chi connectivity index (χ1) is 14.8. The van der Waals surface area contributed by atoms with Gasteiger partial charge in [0.05, 0.1) is 15.6 Å². The molecule has 1 N–H and O–H groups in total. The van der Waals surface area contributed by atoms with Crippen molar-refractivity contribution >= 4 is 33.2 Å². The van der Waals surface area contributed by atoms with Crippen LogP contribution in [0.3, 0.4) is 0 Å². The number of aromatic nitrogens is 2. The maximum Gasteiger partial charge on any atom is 0.243 e. The normalized spacial score (nSPS) is 15.9. The fraction of sp³-hybridized carbons (Fsp3) is 0.333. The number of carbonyl (C=O) groups excluding carboxylic acids is 1. The van der Waals surface area contributed by atoms with Crippen LogP contribution in [-0.4, -0.2) is 47.6 Å². The van der Waals surface area contributed by atoms with Gasteiger partial charge in [-0.05, 0) is 43.2 Å². The minimum atomic E-state index is -3.78. The molecule has 1 aliphatic heterocycles. The van der Waals surface area contributed by atoms with E-state index in [9.17, 15) is 17.6 Å². The lowest BCUT2D eigenvalue weighted by Gasteiger charge is -2.30. The van der Waals surface area contributed by atoms with Gasteiger partial charge in [-0.3, -0.25) is 4.79 Å². The van der Waals surface area contributed by atoms with Crippen molar-refractivity contribution in [1.29, 1.82) is 0 Å². The van der Waals surface area contributed by atoms with Crippen LogP contribution in [0.4, 0.5) is 4.39 Å². The van der Waals surface area contributed by atoms with Gasteiger partial charge >= 0.3 is 0 Å². The Labute approximate surface area is 184 Å². The van der Waals surface area contributed by atoms with Crippen LogP contribution < -0.4 is 5.32 Å². The molecule has 0 aliphatic carbocycles. The van der Waals surface area contributed by atoms with Crippen LogP contribution in [0, 0.1) is 11.7 Å². The number of halogens is 2. The van der Waals surface area contributed by atoms with Gasteiger partial charge < -0.3 is 9.72 Å². The summed E-state index contributed by atoms with van der Waals surface area (Å²) >= 11 is 5.72. The minimum absolute atomic E-state index is 0.0470. The number of piperidine rings is 1. The Kier molecular flexibility index (Phi) is 6.27. The molecule has 1 aliphatic rings. The second kappa shape index (κ2) is 8.94. The lowest BCUT2D eigenvalue weighted by atomic mass is 9.97. The maximum atomic E-state index is 13.3. The number of fused-ring (bicyclic) bond motifs is 1. The Balaban J connectivity index is 1.28. The summed E-state index contributed by atoms with van der Waals surface area (Å²) in [6, 6.07) is 9.13. The molecule has 7 nitrogen and oxygen atoms in total. The van der Waals surface area contributed by atoms with E-state index in [0.29, 0.717) is 25.8 Å². The number of nitrogens with one attached hydrogen (secondary N) is 1. The van der Waals surface area contributed by atoms with Crippen LogP contribution in [0.25, 0.3) is 5.65 Å². The Morgan fingerprint density at radius 1 is 1.23 bits per heavy atom. The van der Waals surface area contributed by atoms with E-state index in [1.165, 1.54) is 10.4 Å². The molecule has 0 bridgehead atoms. The molecule has 164 valence electrons. The number of amides is 1. The summed E-state index contributed by atoms with van der Waals surface area (Å²) in [5, 5.41) is 2.69. The number of sulfonamides is 1. The second-order valence-electron chi connectivity index (χ2n) is 7.49. The zero-order valence-electron chi connectivity index (χ0n) is 16.7. The topological polar surface area (TPSA) is 83.8 Å². The van der Waals surface area contributed by atoms with Gasteiger partial charge in [-0.1, -0.05) is 17.7 Å². The van der Waals surface area contributed by atoms with Gasteiger partial charge in [0.25, 0.3) is 0 Å². The first-order valence-corrected chi connectivity index (χ1v) is 11.8. The summed E-state index contributed by atoms with van der Waals surface area (Å²) in [6.07, 6.45) is 5.33. The zero-order valence-corrected chi connectivity index (χ0v) is 18.2. The molecule has 3 aromatic rings. The molecule has 1 amide bonds. The fourth-order valence-electron chi connectivity index (χ4n) is 3.71. The molecule has 0 atom stereocenters. The Morgan fingerprint density at radius 2 is 2.00 bits per heavy atom. The Bertz CT molecular complexity index is 1170. The molecular formula is C21H22ClFN4O3S. The molecular weight excluding hydrogens is 443 g/mol. The van der Waals surface area contributed by atoms with E-state index in [0.717, 1.165) is 23.5 Å². The highest BCUT2D eigenvalue weighted by Crippen LogP contribution is 2.26. The van der Waals surface area contributed by atoms with Crippen molar-refractivity contribution in [3.63, 3.8) is 0 Å². The number of hydrogen-bond donors (Lipinski definition) is 1. The molecule has 10 heteroatoms. The molecule has 1 fully saturated rings. The highest BCUT2D eigenvalue weighted by atomic mass is 35.5. The van der Waals surface area contributed by atoms with Crippen molar-refractivity contribution in [2.75, 3.05) is 19.6 Å². The largest absolute Gasteiger partial charge is 0.355 e. The molecule has 0 saturated carbocycles. The van der Waals surface area contributed by atoms with Crippen molar-refractivity contribution in [3.05, 3.63) is 65.3 Å². The number of benzene rings is 1. The highest BCUT2D eigenvalue weighted by molar-refractivity contribution is 7.89. The maximum absolute atomic E-state index is 13.3. The highest BCUT2D eigenvalue weighted by Gasteiger charge is 2.32. The van der Waals surface area contributed by atoms with E-state index in [4.69, 9.17) is 11.6 Å². The van der Waals surface area contributed by atoms with E-state index in [1.807, 2.05) is 35.0 Å². The van der Waals surface area contributed by atoms with Crippen molar-refractivity contribution < 1.29 is 17.6 Å². The monoisotopic (exact) mass is 464 g/mol. The molecule has 0 unspecified atom stereocenters. The van der Waals surface area contributed by atoms with E-state index in [1.54, 1.807) is 0 Å². The lowest BCUT2D eigenvalue weighted by Crippen LogP contribution is -2.43. The summed E-state index contributed by atoms with van der Waals surface area (Å²) in [5.74, 6) is -0.991. The molecule has 3 heterocycles. The van der Waals surface area contributed by atoms with Gasteiger partial charge in [0.1, 0.15) is 11.5 Å². The summed E-state index contributed by atoms with van der Waals surface area (Å²) < 4.78 is 42.1. The number of imidazole rings is 1. The molecule has 31 heavy (non-hydrogen) atoms. The number of hydrogen-bond acceptors (Lipinski definition) is 4. The van der Waals surface area contributed by atoms with Gasteiger partial charge in [-0.2, -0.15) is 4.31 Å². The molecule has 0 spiro atoms. The third-order valence-corrected chi connectivity index (χ3v) is 7.63. The first-order valence-electron chi connectivity index (χ1n) is 10.00. The molecule has 1 saturated heterocycles. The predicted octanol–water partition coefficient (Wildman–Crippen LogP) is 2.89. The van der Waals surface area contributed by atoms with Gasteiger partial charge in [-0.15, -0.1) is 0 Å². The zero-order chi connectivity index (χ0) is 22.0. The van der Waals surface area contributed by atoms with E-state index >= 15 is 0 Å². The predicted molar refractivity (Wildman–Crippen MR) is 115 cm³/mol. The van der Waals surface area contributed by atoms with Crippen LogP contribution in [0.15, 0.2) is 53.7 Å². The fourth-order valence-corrected chi connectivity index (χ4v) is 5.45. The number of rotatable bonds is 6. The van der Waals surface area contributed by atoms with E-state index < -0.39 is 15.8 Å². The van der Waals surface area contributed by atoms with E-state index in [-0.39, 0.29) is 34.8 Å². The summed E-state index contributed by atoms with van der Waals surface area (Å²) in [4.78, 5) is 17.0. The smallest absolute Gasteiger partial charge is 0.243 e. The summed E-state index contributed by atoms with van der Waals surface area (Å²) in [7, 11) is -3.78. The van der Waals surface area contributed by atoms with Crippen LogP contribution in [0.2, 0.25) is 5.02 Å². The summed E-state index contributed by atoms with van der Waals surface area (Å²) in [5.41, 5.74) is 1.75. The first kappa shape index (κ1) is 21.7. The van der Waals surface area contributed by atoms with Crippen molar-refractivity contribution in [3.8, 4) is 0 Å². The van der Waals surface area contributed by atoms with Crippen molar-refractivity contribution in [1.82, 2.24) is 19.0 Å². The number of carbonyl (C=O) groups is 1. The lowest BCUT2D eigenvalue weighted by molar-refractivity contribution is -0.126.